The maximum atomic E-state index is 11.7. The van der Waals surface area contributed by atoms with Crippen LogP contribution in [0.5, 0.6) is 0 Å². The van der Waals surface area contributed by atoms with Crippen LogP contribution in [0.25, 0.3) is 0 Å². The van der Waals surface area contributed by atoms with Gasteiger partial charge in [-0.2, -0.15) is 0 Å². The first-order valence-corrected chi connectivity index (χ1v) is 7.20. The maximum absolute atomic E-state index is 11.7. The Morgan fingerprint density at radius 2 is 2.05 bits per heavy atom. The van der Waals surface area contributed by atoms with Crippen molar-refractivity contribution in [2.75, 3.05) is 13.1 Å². The van der Waals surface area contributed by atoms with Crippen molar-refractivity contribution >= 4 is 5.97 Å². The van der Waals surface area contributed by atoms with Crippen LogP contribution in [-0.2, 0) is 17.6 Å². The van der Waals surface area contributed by atoms with Gasteiger partial charge in [-0.1, -0.05) is 30.3 Å². The predicted octanol–water partition coefficient (Wildman–Crippen LogP) is 2.31. The molecule has 0 spiro atoms. The summed E-state index contributed by atoms with van der Waals surface area (Å²) >= 11 is 0. The molecule has 1 aliphatic rings. The van der Waals surface area contributed by atoms with Gasteiger partial charge in [0.1, 0.15) is 6.04 Å². The highest BCUT2D eigenvalue weighted by atomic mass is 16.4. The predicted molar refractivity (Wildman–Crippen MR) is 80.0 cm³/mol. The van der Waals surface area contributed by atoms with Crippen LogP contribution in [0.4, 0.5) is 0 Å². The van der Waals surface area contributed by atoms with Gasteiger partial charge < -0.3 is 5.11 Å². The molecule has 0 aliphatic carbocycles. The van der Waals surface area contributed by atoms with Gasteiger partial charge in [-0.15, -0.1) is 0 Å². The summed E-state index contributed by atoms with van der Waals surface area (Å²) in [4.78, 5) is 18.0. The van der Waals surface area contributed by atoms with Gasteiger partial charge in [-0.25, -0.2) is 0 Å². The second-order valence-corrected chi connectivity index (χ2v) is 5.30. The van der Waals surface area contributed by atoms with Gasteiger partial charge in [0.2, 0.25) is 0 Å². The van der Waals surface area contributed by atoms with Gasteiger partial charge in [0.15, 0.2) is 0 Å². The zero-order chi connectivity index (χ0) is 14.7. The quantitative estimate of drug-likeness (QED) is 0.935. The summed E-state index contributed by atoms with van der Waals surface area (Å²) in [7, 11) is 0. The Bertz CT molecular complexity index is 628. The topological polar surface area (TPSA) is 53.4 Å². The highest BCUT2D eigenvalue weighted by Gasteiger charge is 2.32. The molecule has 2 aromatic rings. The second kappa shape index (κ2) is 6.06. The van der Waals surface area contributed by atoms with Crippen molar-refractivity contribution in [3.8, 4) is 0 Å². The van der Waals surface area contributed by atoms with Crippen LogP contribution >= 0.6 is 0 Å². The number of carboxylic acid groups (broad SMARTS) is 1. The molecular weight excluding hydrogens is 264 g/mol. The molecule has 1 aromatic heterocycles. The zero-order valence-corrected chi connectivity index (χ0v) is 11.8. The Morgan fingerprint density at radius 1 is 1.24 bits per heavy atom. The number of nitrogens with zero attached hydrogens (tertiary/aromatic N) is 2. The number of aromatic nitrogens is 1. The standard InChI is InChI=1S/C17H18N2O2/c20-17(21)16-15-7-2-1-5-13(15)8-11-19(16)12-9-14-6-3-4-10-18-14/h1-7,10,16H,8-9,11-12H2,(H,20,21). The van der Waals surface area contributed by atoms with Gasteiger partial charge in [-0.3, -0.25) is 14.7 Å². The number of benzene rings is 1. The molecule has 108 valence electrons. The van der Waals surface area contributed by atoms with Crippen LogP contribution in [0.3, 0.4) is 0 Å². The molecule has 21 heavy (non-hydrogen) atoms. The lowest BCUT2D eigenvalue weighted by atomic mass is 9.92. The van der Waals surface area contributed by atoms with Crippen LogP contribution in [0.2, 0.25) is 0 Å². The monoisotopic (exact) mass is 282 g/mol. The fourth-order valence-electron chi connectivity index (χ4n) is 2.95. The number of carboxylic acids is 1. The van der Waals surface area contributed by atoms with Gasteiger partial charge in [0.05, 0.1) is 0 Å². The first kappa shape index (κ1) is 13.8. The van der Waals surface area contributed by atoms with Gasteiger partial charge >= 0.3 is 5.97 Å². The fourth-order valence-corrected chi connectivity index (χ4v) is 2.95. The molecule has 4 heteroatoms. The highest BCUT2D eigenvalue weighted by Crippen LogP contribution is 2.29. The normalized spacial score (nSPS) is 18.2. The number of fused-ring (bicyclic) bond motifs is 1. The minimum atomic E-state index is -0.775. The minimum absolute atomic E-state index is 0.543. The van der Waals surface area contributed by atoms with Crippen molar-refractivity contribution in [3.63, 3.8) is 0 Å². The molecule has 1 N–H and O–H groups in total. The third-order valence-corrected chi connectivity index (χ3v) is 4.00. The van der Waals surface area contributed by atoms with Crippen molar-refractivity contribution in [3.05, 3.63) is 65.5 Å². The molecule has 3 rings (SSSR count). The van der Waals surface area contributed by atoms with Crippen molar-refractivity contribution in [2.45, 2.75) is 18.9 Å². The van der Waals surface area contributed by atoms with Gasteiger partial charge in [0.25, 0.3) is 0 Å². The van der Waals surface area contributed by atoms with E-state index in [0.717, 1.165) is 36.2 Å². The maximum Gasteiger partial charge on any atom is 0.325 e. The number of hydrogen-bond donors (Lipinski definition) is 1. The summed E-state index contributed by atoms with van der Waals surface area (Å²) in [5.74, 6) is -0.775. The molecular formula is C17H18N2O2. The van der Waals surface area contributed by atoms with Crippen LogP contribution in [0.1, 0.15) is 22.9 Å². The molecule has 2 heterocycles. The lowest BCUT2D eigenvalue weighted by Gasteiger charge is -2.34. The van der Waals surface area contributed by atoms with Gasteiger partial charge in [0, 0.05) is 31.4 Å². The Hall–Kier alpha value is -2.20. The average molecular weight is 282 g/mol. The Balaban J connectivity index is 1.78. The average Bonchev–Trinajstić information content (AvgIpc) is 2.53. The van der Waals surface area contributed by atoms with Crippen molar-refractivity contribution in [2.24, 2.45) is 0 Å². The lowest BCUT2D eigenvalue weighted by molar-refractivity contribution is -0.144. The number of aliphatic carboxylic acids is 1. The molecule has 4 nitrogen and oxygen atoms in total. The molecule has 1 unspecified atom stereocenters. The number of hydrogen-bond acceptors (Lipinski definition) is 3. The van der Waals surface area contributed by atoms with E-state index in [4.69, 9.17) is 0 Å². The summed E-state index contributed by atoms with van der Waals surface area (Å²) in [6.07, 6.45) is 3.45. The molecule has 0 saturated carbocycles. The molecule has 1 aliphatic heterocycles. The third-order valence-electron chi connectivity index (χ3n) is 4.00. The minimum Gasteiger partial charge on any atom is -0.480 e. The number of carbonyl (C=O) groups is 1. The first-order chi connectivity index (χ1) is 10.3. The first-order valence-electron chi connectivity index (χ1n) is 7.20. The Labute approximate surface area is 124 Å². The highest BCUT2D eigenvalue weighted by molar-refractivity contribution is 5.76. The molecule has 0 amide bonds. The molecule has 0 saturated heterocycles. The SMILES string of the molecule is O=C(O)C1c2ccccc2CCN1CCc1ccccn1. The van der Waals surface area contributed by atoms with E-state index < -0.39 is 12.0 Å². The van der Waals surface area contributed by atoms with Crippen LogP contribution in [0.15, 0.2) is 48.7 Å². The van der Waals surface area contributed by atoms with Crippen LogP contribution < -0.4 is 0 Å². The molecule has 1 aromatic carbocycles. The molecule has 0 fully saturated rings. The van der Waals surface area contributed by atoms with Gasteiger partial charge in [-0.05, 0) is 29.7 Å². The Kier molecular flexibility index (Phi) is 3.97. The van der Waals surface area contributed by atoms with E-state index in [9.17, 15) is 9.90 Å². The lowest BCUT2D eigenvalue weighted by Crippen LogP contribution is -2.40. The van der Waals surface area contributed by atoms with Crippen LogP contribution in [-0.4, -0.2) is 34.0 Å². The van der Waals surface area contributed by atoms with Crippen LogP contribution in [0, 0.1) is 0 Å². The largest absolute Gasteiger partial charge is 0.480 e. The summed E-state index contributed by atoms with van der Waals surface area (Å²) in [5.41, 5.74) is 3.08. The molecule has 1 atom stereocenters. The zero-order valence-electron chi connectivity index (χ0n) is 11.8. The third kappa shape index (κ3) is 2.95. The van der Waals surface area contributed by atoms with Crippen molar-refractivity contribution in [1.82, 2.24) is 9.88 Å². The summed E-state index contributed by atoms with van der Waals surface area (Å²) in [6.45, 7) is 1.49. The van der Waals surface area contributed by atoms with Crippen molar-refractivity contribution < 1.29 is 9.90 Å². The van der Waals surface area contributed by atoms with E-state index in [1.54, 1.807) is 6.20 Å². The second-order valence-electron chi connectivity index (χ2n) is 5.30. The smallest absolute Gasteiger partial charge is 0.325 e. The van der Waals surface area contributed by atoms with E-state index in [1.807, 2.05) is 47.4 Å². The van der Waals surface area contributed by atoms with E-state index >= 15 is 0 Å². The van der Waals surface area contributed by atoms with E-state index in [-0.39, 0.29) is 0 Å². The fraction of sp³-hybridized carbons (Fsp3) is 0.294. The molecule has 0 bridgehead atoms. The molecule has 0 radical (unpaired) electrons. The van der Waals surface area contributed by atoms with E-state index in [0.29, 0.717) is 6.54 Å². The summed E-state index contributed by atoms with van der Waals surface area (Å²) in [5, 5.41) is 9.60. The van der Waals surface area contributed by atoms with E-state index in [1.165, 1.54) is 0 Å². The summed E-state index contributed by atoms with van der Waals surface area (Å²) in [6, 6.07) is 13.1. The number of pyridine rings is 1. The Morgan fingerprint density at radius 3 is 2.81 bits per heavy atom. The number of rotatable bonds is 4. The van der Waals surface area contributed by atoms with Crippen molar-refractivity contribution in [1.29, 1.82) is 0 Å². The van der Waals surface area contributed by atoms with E-state index in [2.05, 4.69) is 4.98 Å². The summed E-state index contributed by atoms with van der Waals surface area (Å²) < 4.78 is 0.